The van der Waals surface area contributed by atoms with Crippen LogP contribution < -0.4 is 0 Å². The molecule has 0 fully saturated rings. The minimum Gasteiger partial charge on any atom is -0.481 e. The second-order valence-corrected chi connectivity index (χ2v) is 5.76. The average Bonchev–Trinajstić information content (AvgIpc) is 2.47. The zero-order chi connectivity index (χ0) is 16.5. The Morgan fingerprint density at radius 3 is 2.23 bits per heavy atom. The van der Waals surface area contributed by atoms with E-state index in [1.807, 2.05) is 6.92 Å². The summed E-state index contributed by atoms with van der Waals surface area (Å²) in [4.78, 5) is 21.7. The molecular weight excluding hydrogens is 282 g/mol. The molecule has 0 unspecified atom stereocenters. The van der Waals surface area contributed by atoms with Crippen molar-refractivity contribution < 1.29 is 14.8 Å². The van der Waals surface area contributed by atoms with Gasteiger partial charge in [0.05, 0.1) is 10.3 Å². The Balaban J connectivity index is 2.45. The number of rotatable bonds is 4. The molecule has 0 spiro atoms. The second kappa shape index (κ2) is 5.60. The van der Waals surface area contributed by atoms with Gasteiger partial charge in [0.15, 0.2) is 0 Å². The summed E-state index contributed by atoms with van der Waals surface area (Å²) in [5.74, 6) is -0.897. The first-order chi connectivity index (χ1) is 10.2. The Hall–Kier alpha value is -2.69. The van der Waals surface area contributed by atoms with Crippen molar-refractivity contribution in [3.05, 3.63) is 63.7 Å². The molecule has 0 atom stereocenters. The first kappa shape index (κ1) is 15.7. The normalized spacial score (nSPS) is 11.2. The molecule has 2 aromatic rings. The summed E-state index contributed by atoms with van der Waals surface area (Å²) in [7, 11) is 0. The lowest BCUT2D eigenvalue weighted by Gasteiger charge is -2.20. The number of benzene rings is 2. The zero-order valence-electron chi connectivity index (χ0n) is 12.7. The van der Waals surface area contributed by atoms with E-state index in [9.17, 15) is 20.0 Å². The summed E-state index contributed by atoms with van der Waals surface area (Å²) in [6, 6.07) is 11.8. The molecule has 5 heteroatoms. The van der Waals surface area contributed by atoms with Crippen LogP contribution in [0.15, 0.2) is 42.5 Å². The van der Waals surface area contributed by atoms with Crippen LogP contribution in [0.5, 0.6) is 0 Å². The van der Waals surface area contributed by atoms with Crippen LogP contribution in [0.25, 0.3) is 11.1 Å². The maximum absolute atomic E-state index is 11.3. The number of carbonyl (C=O) groups is 1. The molecule has 114 valence electrons. The quantitative estimate of drug-likeness (QED) is 0.685. The summed E-state index contributed by atoms with van der Waals surface area (Å²) >= 11 is 0. The topological polar surface area (TPSA) is 80.4 Å². The third kappa shape index (κ3) is 2.83. The third-order valence-electron chi connectivity index (χ3n) is 3.88. The molecule has 0 bridgehead atoms. The van der Waals surface area contributed by atoms with Crippen LogP contribution in [-0.4, -0.2) is 16.0 Å². The van der Waals surface area contributed by atoms with E-state index >= 15 is 0 Å². The van der Waals surface area contributed by atoms with Crippen molar-refractivity contribution in [1.82, 2.24) is 0 Å². The summed E-state index contributed by atoms with van der Waals surface area (Å²) in [5.41, 5.74) is 2.27. The van der Waals surface area contributed by atoms with Crippen molar-refractivity contribution in [3.8, 4) is 11.1 Å². The summed E-state index contributed by atoms with van der Waals surface area (Å²) in [6.45, 7) is 5.17. The minimum absolute atomic E-state index is 0.0375. The van der Waals surface area contributed by atoms with Gasteiger partial charge in [-0.3, -0.25) is 14.9 Å². The molecule has 2 aromatic carbocycles. The lowest BCUT2D eigenvalue weighted by Crippen LogP contribution is -2.28. The predicted molar refractivity (Wildman–Crippen MR) is 83.9 cm³/mol. The molecule has 5 nitrogen and oxygen atoms in total. The van der Waals surface area contributed by atoms with Crippen LogP contribution in [0.3, 0.4) is 0 Å². The molecule has 0 amide bonds. The van der Waals surface area contributed by atoms with Gasteiger partial charge < -0.3 is 5.11 Å². The van der Waals surface area contributed by atoms with Crippen molar-refractivity contribution in [1.29, 1.82) is 0 Å². The van der Waals surface area contributed by atoms with Gasteiger partial charge in [-0.25, -0.2) is 0 Å². The van der Waals surface area contributed by atoms with Crippen LogP contribution >= 0.6 is 0 Å². The lowest BCUT2D eigenvalue weighted by molar-refractivity contribution is -0.384. The molecule has 0 aromatic heterocycles. The lowest BCUT2D eigenvalue weighted by atomic mass is 9.84. The number of hydrogen-bond donors (Lipinski definition) is 1. The van der Waals surface area contributed by atoms with Gasteiger partial charge in [-0.2, -0.15) is 0 Å². The maximum atomic E-state index is 11.3. The van der Waals surface area contributed by atoms with E-state index in [2.05, 4.69) is 0 Å². The van der Waals surface area contributed by atoms with Crippen LogP contribution in [0.4, 0.5) is 5.69 Å². The highest BCUT2D eigenvalue weighted by atomic mass is 16.6. The van der Waals surface area contributed by atoms with E-state index in [1.165, 1.54) is 12.1 Å². The Bertz CT molecular complexity index is 733. The van der Waals surface area contributed by atoms with Crippen molar-refractivity contribution in [2.24, 2.45) is 0 Å². The van der Waals surface area contributed by atoms with E-state index < -0.39 is 16.3 Å². The van der Waals surface area contributed by atoms with Crippen LogP contribution in [0.2, 0.25) is 0 Å². The van der Waals surface area contributed by atoms with Gasteiger partial charge in [-0.1, -0.05) is 30.3 Å². The molecule has 0 aliphatic carbocycles. The standard InChI is InChI=1S/C17H17NO4/c1-11-4-9-14(18(21)22)10-15(11)12-5-7-13(8-6-12)17(2,3)16(19)20/h4-10H,1-3H3,(H,19,20). The monoisotopic (exact) mass is 299 g/mol. The van der Waals surface area contributed by atoms with Gasteiger partial charge >= 0.3 is 5.97 Å². The summed E-state index contributed by atoms with van der Waals surface area (Å²) in [5, 5.41) is 20.1. The summed E-state index contributed by atoms with van der Waals surface area (Å²) < 4.78 is 0. The van der Waals surface area contributed by atoms with Crippen LogP contribution in [-0.2, 0) is 10.2 Å². The number of hydrogen-bond acceptors (Lipinski definition) is 3. The Morgan fingerprint density at radius 1 is 1.14 bits per heavy atom. The van der Waals surface area contributed by atoms with E-state index in [1.54, 1.807) is 44.2 Å². The third-order valence-corrected chi connectivity index (χ3v) is 3.88. The Kier molecular flexibility index (Phi) is 3.99. The van der Waals surface area contributed by atoms with E-state index in [0.717, 1.165) is 16.7 Å². The second-order valence-electron chi connectivity index (χ2n) is 5.76. The number of aryl methyl sites for hydroxylation is 1. The average molecular weight is 299 g/mol. The number of non-ortho nitro benzene ring substituents is 1. The highest BCUT2D eigenvalue weighted by Gasteiger charge is 2.29. The van der Waals surface area contributed by atoms with E-state index in [4.69, 9.17) is 0 Å². The number of aliphatic carboxylic acids is 1. The van der Waals surface area contributed by atoms with Crippen molar-refractivity contribution in [2.75, 3.05) is 0 Å². The first-order valence-corrected chi connectivity index (χ1v) is 6.83. The fourth-order valence-electron chi connectivity index (χ4n) is 2.22. The van der Waals surface area contributed by atoms with Gasteiger partial charge in [0.1, 0.15) is 0 Å². The first-order valence-electron chi connectivity index (χ1n) is 6.83. The molecule has 2 rings (SSSR count). The van der Waals surface area contributed by atoms with E-state index in [0.29, 0.717) is 5.56 Å². The van der Waals surface area contributed by atoms with Gasteiger partial charge in [0.2, 0.25) is 0 Å². The Morgan fingerprint density at radius 2 is 1.73 bits per heavy atom. The molecule has 0 saturated carbocycles. The van der Waals surface area contributed by atoms with E-state index in [-0.39, 0.29) is 5.69 Å². The van der Waals surface area contributed by atoms with Gasteiger partial charge in [-0.15, -0.1) is 0 Å². The fraction of sp³-hybridized carbons (Fsp3) is 0.235. The van der Waals surface area contributed by atoms with Crippen molar-refractivity contribution in [3.63, 3.8) is 0 Å². The number of nitro groups is 1. The number of nitrogens with zero attached hydrogens (tertiary/aromatic N) is 1. The molecule has 0 aliphatic rings. The zero-order valence-corrected chi connectivity index (χ0v) is 12.7. The van der Waals surface area contributed by atoms with Crippen LogP contribution in [0, 0.1) is 17.0 Å². The van der Waals surface area contributed by atoms with Gasteiger partial charge in [0, 0.05) is 12.1 Å². The van der Waals surface area contributed by atoms with Crippen molar-refractivity contribution in [2.45, 2.75) is 26.2 Å². The summed E-state index contributed by atoms with van der Waals surface area (Å²) in [6.07, 6.45) is 0. The van der Waals surface area contributed by atoms with Crippen LogP contribution in [0.1, 0.15) is 25.0 Å². The molecule has 22 heavy (non-hydrogen) atoms. The molecule has 0 aliphatic heterocycles. The molecule has 0 saturated heterocycles. The molecule has 1 N–H and O–H groups in total. The van der Waals surface area contributed by atoms with Gasteiger partial charge in [-0.05, 0) is 43.0 Å². The molecule has 0 heterocycles. The van der Waals surface area contributed by atoms with Crippen molar-refractivity contribution >= 4 is 11.7 Å². The molecule has 0 radical (unpaired) electrons. The number of nitro benzene ring substituents is 1. The predicted octanol–water partition coefficient (Wildman–Crippen LogP) is 3.93. The highest BCUT2D eigenvalue weighted by molar-refractivity contribution is 5.81. The Labute approximate surface area is 128 Å². The SMILES string of the molecule is Cc1ccc([N+](=O)[O-])cc1-c1ccc(C(C)(C)C(=O)O)cc1. The smallest absolute Gasteiger partial charge is 0.313 e. The van der Waals surface area contributed by atoms with Gasteiger partial charge in [0.25, 0.3) is 5.69 Å². The highest BCUT2D eigenvalue weighted by Crippen LogP contribution is 2.30. The largest absolute Gasteiger partial charge is 0.481 e. The molecular formula is C17H17NO4. The number of carboxylic acid groups (broad SMARTS) is 1. The fourth-order valence-corrected chi connectivity index (χ4v) is 2.22. The maximum Gasteiger partial charge on any atom is 0.313 e. The minimum atomic E-state index is -0.976. The number of carboxylic acids is 1.